The molecule has 0 fully saturated rings. The summed E-state index contributed by atoms with van der Waals surface area (Å²) in [5.41, 5.74) is 6.86. The summed E-state index contributed by atoms with van der Waals surface area (Å²) in [6.45, 7) is 0. The van der Waals surface area contributed by atoms with Crippen molar-refractivity contribution in [3.63, 3.8) is 0 Å². The highest BCUT2D eigenvalue weighted by Gasteiger charge is 2.24. The van der Waals surface area contributed by atoms with Crippen LogP contribution in [0.4, 0.5) is 5.13 Å². The van der Waals surface area contributed by atoms with E-state index in [4.69, 9.17) is 0 Å². The Kier molecular flexibility index (Phi) is 3.59. The molecule has 2 aromatic carbocycles. The van der Waals surface area contributed by atoms with Crippen molar-refractivity contribution in [2.24, 2.45) is 5.10 Å². The van der Waals surface area contributed by atoms with Gasteiger partial charge in [0.15, 0.2) is 5.78 Å². The zero-order valence-corrected chi connectivity index (χ0v) is 13.4. The molecule has 0 amide bonds. The summed E-state index contributed by atoms with van der Waals surface area (Å²) in [7, 11) is 0. The number of aromatic nitrogens is 1. The molecule has 4 rings (SSSR count). The van der Waals surface area contributed by atoms with Gasteiger partial charge in [0.1, 0.15) is 5.75 Å². The number of anilines is 1. The van der Waals surface area contributed by atoms with Gasteiger partial charge in [-0.1, -0.05) is 36.4 Å². The fourth-order valence-electron chi connectivity index (χ4n) is 2.66. The van der Waals surface area contributed by atoms with Crippen molar-refractivity contribution in [2.45, 2.75) is 6.42 Å². The summed E-state index contributed by atoms with van der Waals surface area (Å²) in [6.07, 6.45) is 0.303. The van der Waals surface area contributed by atoms with E-state index in [0.29, 0.717) is 11.6 Å². The lowest BCUT2D eigenvalue weighted by Crippen LogP contribution is -2.00. The van der Waals surface area contributed by atoms with E-state index in [1.165, 1.54) is 11.3 Å². The van der Waals surface area contributed by atoms with Gasteiger partial charge in [-0.3, -0.25) is 10.2 Å². The average molecular weight is 335 g/mol. The minimum Gasteiger partial charge on any atom is -0.508 e. The van der Waals surface area contributed by atoms with Gasteiger partial charge in [-0.15, -0.1) is 11.3 Å². The SMILES string of the molecule is O=C1C/C(=N/Nc2nc(-c3cccc(O)c3)cs2)c2ccccc21. The Bertz CT molecular complexity index is 962. The van der Waals surface area contributed by atoms with Crippen molar-refractivity contribution in [2.75, 3.05) is 5.43 Å². The number of benzene rings is 2. The number of thiazole rings is 1. The smallest absolute Gasteiger partial charge is 0.203 e. The summed E-state index contributed by atoms with van der Waals surface area (Å²) < 4.78 is 0. The molecule has 1 aromatic heterocycles. The molecule has 0 atom stereocenters. The molecule has 1 aliphatic carbocycles. The van der Waals surface area contributed by atoms with Crippen LogP contribution in [0.3, 0.4) is 0 Å². The maximum Gasteiger partial charge on any atom is 0.203 e. The molecule has 2 N–H and O–H groups in total. The lowest BCUT2D eigenvalue weighted by Gasteiger charge is -2.00. The van der Waals surface area contributed by atoms with Crippen molar-refractivity contribution < 1.29 is 9.90 Å². The molecular weight excluding hydrogens is 322 g/mol. The molecule has 0 bridgehead atoms. The molecule has 0 spiro atoms. The molecule has 6 heteroatoms. The minimum absolute atomic E-state index is 0.0886. The van der Waals surface area contributed by atoms with Crippen molar-refractivity contribution in [1.82, 2.24) is 4.98 Å². The Morgan fingerprint density at radius 2 is 1.96 bits per heavy atom. The summed E-state index contributed by atoms with van der Waals surface area (Å²) in [6, 6.07) is 14.4. The number of hydrogen-bond donors (Lipinski definition) is 2. The van der Waals surface area contributed by atoms with Crippen molar-refractivity contribution in [3.8, 4) is 17.0 Å². The largest absolute Gasteiger partial charge is 0.508 e. The van der Waals surface area contributed by atoms with Crippen LogP contribution in [0.5, 0.6) is 5.75 Å². The number of nitrogens with one attached hydrogen (secondary N) is 1. The molecule has 0 saturated carbocycles. The summed E-state index contributed by atoms with van der Waals surface area (Å²) >= 11 is 1.42. The van der Waals surface area contributed by atoms with Crippen LogP contribution in [0, 0.1) is 0 Å². The number of phenols is 1. The number of aromatic hydroxyl groups is 1. The molecular formula is C18H13N3O2S. The second-order valence-electron chi connectivity index (χ2n) is 5.40. The lowest BCUT2D eigenvalue weighted by molar-refractivity contribution is 0.101. The Morgan fingerprint density at radius 1 is 1.12 bits per heavy atom. The Morgan fingerprint density at radius 3 is 2.79 bits per heavy atom. The molecule has 0 saturated heterocycles. The Hall–Kier alpha value is -2.99. The Balaban J connectivity index is 1.56. The third-order valence-electron chi connectivity index (χ3n) is 3.80. The standard InChI is InChI=1S/C18H13N3O2S/c22-12-5-3-4-11(8-12)16-10-24-18(19-16)21-20-15-9-17(23)14-7-2-1-6-13(14)15/h1-8,10,22H,9H2,(H,19,21)/b20-15-. The molecule has 5 nitrogen and oxygen atoms in total. The van der Waals surface area contributed by atoms with Crippen molar-refractivity contribution >= 4 is 28.0 Å². The van der Waals surface area contributed by atoms with Gasteiger partial charge in [0.05, 0.1) is 17.8 Å². The van der Waals surface area contributed by atoms with Crippen LogP contribution in [0.15, 0.2) is 59.0 Å². The van der Waals surface area contributed by atoms with Gasteiger partial charge in [0, 0.05) is 22.1 Å². The topological polar surface area (TPSA) is 74.6 Å². The van der Waals surface area contributed by atoms with E-state index >= 15 is 0 Å². The number of rotatable bonds is 3. The number of fused-ring (bicyclic) bond motifs is 1. The first-order chi connectivity index (χ1) is 11.7. The second-order valence-corrected chi connectivity index (χ2v) is 6.26. The minimum atomic E-state index is 0.0886. The van der Waals surface area contributed by atoms with Crippen LogP contribution in [-0.4, -0.2) is 21.6 Å². The molecule has 1 heterocycles. The molecule has 0 aliphatic heterocycles. The first-order valence-corrected chi connectivity index (χ1v) is 8.29. The molecule has 118 valence electrons. The van der Waals surface area contributed by atoms with E-state index in [-0.39, 0.29) is 11.5 Å². The van der Waals surface area contributed by atoms with Gasteiger partial charge in [-0.05, 0) is 12.1 Å². The molecule has 1 aliphatic rings. The predicted octanol–water partition coefficient (Wildman–Crippen LogP) is 3.92. The van der Waals surface area contributed by atoms with Crippen molar-refractivity contribution in [1.29, 1.82) is 0 Å². The van der Waals surface area contributed by atoms with E-state index < -0.39 is 0 Å². The summed E-state index contributed by atoms with van der Waals surface area (Å²) in [4.78, 5) is 16.4. The quantitative estimate of drug-likeness (QED) is 0.712. The summed E-state index contributed by atoms with van der Waals surface area (Å²) in [5, 5.41) is 16.4. The van der Waals surface area contributed by atoms with Gasteiger partial charge in [0.2, 0.25) is 5.13 Å². The van der Waals surface area contributed by atoms with Gasteiger partial charge in [0.25, 0.3) is 0 Å². The zero-order chi connectivity index (χ0) is 16.5. The fraction of sp³-hybridized carbons (Fsp3) is 0.0556. The predicted molar refractivity (Wildman–Crippen MR) is 94.8 cm³/mol. The van der Waals surface area contributed by atoms with E-state index in [2.05, 4.69) is 15.5 Å². The second kappa shape index (κ2) is 5.90. The first kappa shape index (κ1) is 14.6. The van der Waals surface area contributed by atoms with Crippen LogP contribution in [-0.2, 0) is 0 Å². The van der Waals surface area contributed by atoms with E-state index in [9.17, 15) is 9.90 Å². The molecule has 0 radical (unpaired) electrons. The molecule has 0 unspecified atom stereocenters. The highest BCUT2D eigenvalue weighted by atomic mass is 32.1. The van der Waals surface area contributed by atoms with Gasteiger partial charge < -0.3 is 5.11 Å². The number of carbonyl (C=O) groups is 1. The van der Waals surface area contributed by atoms with Crippen LogP contribution in [0.2, 0.25) is 0 Å². The van der Waals surface area contributed by atoms with E-state index in [1.807, 2.05) is 35.7 Å². The van der Waals surface area contributed by atoms with Crippen LogP contribution in [0.1, 0.15) is 22.3 Å². The number of phenolic OH excluding ortho intramolecular Hbond substituents is 1. The number of ketones is 1. The van der Waals surface area contributed by atoms with E-state index in [0.717, 1.165) is 28.1 Å². The molecule has 24 heavy (non-hydrogen) atoms. The van der Waals surface area contributed by atoms with E-state index in [1.54, 1.807) is 18.2 Å². The van der Waals surface area contributed by atoms with Crippen molar-refractivity contribution in [3.05, 3.63) is 65.0 Å². The number of nitrogens with zero attached hydrogens (tertiary/aromatic N) is 2. The van der Waals surface area contributed by atoms with Crippen LogP contribution < -0.4 is 5.43 Å². The van der Waals surface area contributed by atoms with Crippen LogP contribution in [0.25, 0.3) is 11.3 Å². The highest BCUT2D eigenvalue weighted by Crippen LogP contribution is 2.28. The number of Topliss-reactive ketones (excluding diaryl/α,β-unsaturated/α-hetero) is 1. The number of hydrogen-bond acceptors (Lipinski definition) is 6. The number of carbonyl (C=O) groups excluding carboxylic acids is 1. The van der Waals surface area contributed by atoms with Crippen LogP contribution >= 0.6 is 11.3 Å². The Labute approximate surface area is 142 Å². The molecule has 3 aromatic rings. The van der Waals surface area contributed by atoms with Gasteiger partial charge >= 0.3 is 0 Å². The average Bonchev–Trinajstić information content (AvgIpc) is 3.19. The summed E-state index contributed by atoms with van der Waals surface area (Å²) in [5.74, 6) is 0.294. The first-order valence-electron chi connectivity index (χ1n) is 7.41. The third-order valence-corrected chi connectivity index (χ3v) is 4.55. The highest BCUT2D eigenvalue weighted by molar-refractivity contribution is 7.14. The maximum atomic E-state index is 12.0. The maximum absolute atomic E-state index is 12.0. The normalized spacial score (nSPS) is 14.8. The fourth-order valence-corrected chi connectivity index (χ4v) is 3.32. The number of hydrazone groups is 1. The third kappa shape index (κ3) is 2.68. The monoisotopic (exact) mass is 335 g/mol. The lowest BCUT2D eigenvalue weighted by atomic mass is 10.1. The van der Waals surface area contributed by atoms with Gasteiger partial charge in [-0.2, -0.15) is 5.10 Å². The van der Waals surface area contributed by atoms with Gasteiger partial charge in [-0.25, -0.2) is 4.98 Å². The zero-order valence-electron chi connectivity index (χ0n) is 12.6.